The second-order valence-corrected chi connectivity index (χ2v) is 7.22. The minimum Gasteiger partial charge on any atom is -0.354 e. The summed E-state index contributed by atoms with van der Waals surface area (Å²) in [5.74, 6) is 1.19. The number of benzene rings is 1. The topological polar surface area (TPSA) is 87.6 Å². The van der Waals surface area contributed by atoms with Gasteiger partial charge < -0.3 is 15.6 Å². The van der Waals surface area contributed by atoms with Gasteiger partial charge in [0.2, 0.25) is 5.95 Å². The normalized spacial score (nSPS) is 22.0. The number of anilines is 1. The number of imidazole rings is 1. The maximum atomic E-state index is 12.6. The molecule has 1 fully saturated rings. The van der Waals surface area contributed by atoms with Gasteiger partial charge in [0.05, 0.1) is 12.2 Å². The molecule has 3 aromatic rings. The van der Waals surface area contributed by atoms with Crippen LogP contribution in [0.25, 0.3) is 11.2 Å². The molecule has 26 heavy (non-hydrogen) atoms. The van der Waals surface area contributed by atoms with E-state index >= 15 is 0 Å². The number of hydrogen-bond acceptors (Lipinski definition) is 5. The molecule has 5 rings (SSSR count). The molecular formula is C19H22N6O. The summed E-state index contributed by atoms with van der Waals surface area (Å²) in [4.78, 5) is 24.6. The van der Waals surface area contributed by atoms with Gasteiger partial charge >= 0.3 is 5.69 Å². The third-order valence-corrected chi connectivity index (χ3v) is 5.58. The quantitative estimate of drug-likeness (QED) is 0.666. The molecular weight excluding hydrogens is 328 g/mol. The van der Waals surface area contributed by atoms with Gasteiger partial charge in [-0.2, -0.15) is 4.98 Å². The molecule has 2 aliphatic rings. The molecule has 7 nitrogen and oxygen atoms in total. The van der Waals surface area contributed by atoms with Gasteiger partial charge in [-0.15, -0.1) is 0 Å². The monoisotopic (exact) mass is 350 g/mol. The Morgan fingerprint density at radius 2 is 2.19 bits per heavy atom. The van der Waals surface area contributed by atoms with Gasteiger partial charge in [-0.3, -0.25) is 4.57 Å². The van der Waals surface area contributed by atoms with Gasteiger partial charge in [-0.05, 0) is 49.4 Å². The first kappa shape index (κ1) is 15.6. The summed E-state index contributed by atoms with van der Waals surface area (Å²) >= 11 is 0. The third kappa shape index (κ3) is 2.59. The van der Waals surface area contributed by atoms with E-state index in [1.165, 1.54) is 17.5 Å². The highest BCUT2D eigenvalue weighted by Gasteiger charge is 2.27. The van der Waals surface area contributed by atoms with Crippen LogP contribution in [0, 0.1) is 5.92 Å². The lowest BCUT2D eigenvalue weighted by atomic mass is 10.1. The smallest absolute Gasteiger partial charge is 0.328 e. The SMILES string of the molecule is O=c1[nH]c2cnc(NCC3CCNC3)nc2n1[C@H]1CCc2ccccc21. The van der Waals surface area contributed by atoms with E-state index in [1.54, 1.807) is 10.8 Å². The Labute approximate surface area is 150 Å². The predicted molar refractivity (Wildman–Crippen MR) is 101 cm³/mol. The number of hydrogen-bond donors (Lipinski definition) is 3. The van der Waals surface area contributed by atoms with Crippen molar-refractivity contribution in [2.24, 2.45) is 5.92 Å². The standard InChI is InChI=1S/C19H22N6O/c26-19-23-15-11-22-18(21-10-12-7-8-20-9-12)24-17(15)25(19)16-6-5-13-3-1-2-4-14(13)16/h1-4,11-12,16,20H,5-10H2,(H,23,26)(H,21,22,24)/t12?,16-/m0/s1. The molecule has 134 valence electrons. The zero-order valence-corrected chi connectivity index (χ0v) is 14.5. The van der Waals surface area contributed by atoms with E-state index in [-0.39, 0.29) is 11.7 Å². The largest absolute Gasteiger partial charge is 0.354 e. The number of nitrogens with one attached hydrogen (secondary N) is 3. The second-order valence-electron chi connectivity index (χ2n) is 7.22. The summed E-state index contributed by atoms with van der Waals surface area (Å²) in [7, 11) is 0. The van der Waals surface area contributed by atoms with E-state index in [0.717, 1.165) is 32.5 Å². The number of aromatic amines is 1. The predicted octanol–water partition coefficient (Wildman–Crippen LogP) is 1.68. The molecule has 1 saturated heterocycles. The van der Waals surface area contributed by atoms with Crippen molar-refractivity contribution in [2.75, 3.05) is 25.0 Å². The van der Waals surface area contributed by atoms with Crippen LogP contribution >= 0.6 is 0 Å². The molecule has 0 spiro atoms. The molecule has 1 unspecified atom stereocenters. The molecule has 0 amide bonds. The van der Waals surface area contributed by atoms with Gasteiger partial charge in [-0.1, -0.05) is 24.3 Å². The average Bonchev–Trinajstić information content (AvgIpc) is 3.37. The van der Waals surface area contributed by atoms with Crippen LogP contribution in [0.1, 0.15) is 30.0 Å². The summed E-state index contributed by atoms with van der Waals surface area (Å²) < 4.78 is 1.80. The Morgan fingerprint density at radius 1 is 1.27 bits per heavy atom. The Balaban J connectivity index is 1.50. The van der Waals surface area contributed by atoms with Gasteiger partial charge in [0.1, 0.15) is 5.52 Å². The molecule has 3 N–H and O–H groups in total. The molecule has 1 aliphatic carbocycles. The highest BCUT2D eigenvalue weighted by atomic mass is 16.1. The van der Waals surface area contributed by atoms with E-state index in [2.05, 4.69) is 43.8 Å². The molecule has 2 aromatic heterocycles. The van der Waals surface area contributed by atoms with Gasteiger partial charge in [0, 0.05) is 6.54 Å². The average molecular weight is 350 g/mol. The lowest BCUT2D eigenvalue weighted by molar-refractivity contribution is 0.574. The Morgan fingerprint density at radius 3 is 3.08 bits per heavy atom. The first-order chi connectivity index (χ1) is 12.8. The summed E-state index contributed by atoms with van der Waals surface area (Å²) in [6.07, 6.45) is 4.79. The number of fused-ring (bicyclic) bond motifs is 2. The number of nitrogens with zero attached hydrogens (tertiary/aromatic N) is 3. The Kier molecular flexibility index (Phi) is 3.74. The first-order valence-corrected chi connectivity index (χ1v) is 9.29. The maximum Gasteiger partial charge on any atom is 0.328 e. The van der Waals surface area contributed by atoms with E-state index < -0.39 is 0 Å². The highest BCUT2D eigenvalue weighted by Crippen LogP contribution is 2.34. The van der Waals surface area contributed by atoms with Gasteiger partial charge in [0.15, 0.2) is 5.65 Å². The third-order valence-electron chi connectivity index (χ3n) is 5.58. The van der Waals surface area contributed by atoms with E-state index in [4.69, 9.17) is 0 Å². The fraction of sp³-hybridized carbons (Fsp3) is 0.421. The number of rotatable bonds is 4. The van der Waals surface area contributed by atoms with Crippen LogP contribution in [0.3, 0.4) is 0 Å². The maximum absolute atomic E-state index is 12.6. The summed E-state index contributed by atoms with van der Waals surface area (Å²) in [5, 5.41) is 6.70. The van der Waals surface area contributed by atoms with Crippen LogP contribution in [-0.2, 0) is 6.42 Å². The van der Waals surface area contributed by atoms with Crippen molar-refractivity contribution in [1.82, 2.24) is 24.8 Å². The first-order valence-electron chi connectivity index (χ1n) is 9.29. The fourth-order valence-corrected chi connectivity index (χ4v) is 4.22. The molecule has 1 aliphatic heterocycles. The van der Waals surface area contributed by atoms with Crippen molar-refractivity contribution in [2.45, 2.75) is 25.3 Å². The summed E-state index contributed by atoms with van der Waals surface area (Å²) in [6, 6.07) is 8.39. The van der Waals surface area contributed by atoms with Gasteiger partial charge in [0.25, 0.3) is 0 Å². The minimum absolute atomic E-state index is 0.0363. The Hall–Kier alpha value is -2.67. The fourth-order valence-electron chi connectivity index (χ4n) is 4.22. The van der Waals surface area contributed by atoms with Gasteiger partial charge in [-0.25, -0.2) is 9.78 Å². The van der Waals surface area contributed by atoms with Crippen molar-refractivity contribution in [3.8, 4) is 0 Å². The molecule has 1 aromatic carbocycles. The van der Waals surface area contributed by atoms with Crippen molar-refractivity contribution < 1.29 is 0 Å². The van der Waals surface area contributed by atoms with E-state index in [9.17, 15) is 4.79 Å². The van der Waals surface area contributed by atoms with Crippen LogP contribution in [0.5, 0.6) is 0 Å². The van der Waals surface area contributed by atoms with E-state index in [1.807, 2.05) is 6.07 Å². The van der Waals surface area contributed by atoms with Crippen molar-refractivity contribution in [1.29, 1.82) is 0 Å². The molecule has 0 bridgehead atoms. The zero-order valence-electron chi connectivity index (χ0n) is 14.5. The zero-order chi connectivity index (χ0) is 17.5. The summed E-state index contributed by atoms with van der Waals surface area (Å²) in [6.45, 7) is 2.95. The van der Waals surface area contributed by atoms with Crippen LogP contribution in [0.2, 0.25) is 0 Å². The van der Waals surface area contributed by atoms with Crippen LogP contribution < -0.4 is 16.3 Å². The number of H-pyrrole nitrogens is 1. The number of aromatic nitrogens is 4. The summed E-state index contributed by atoms with van der Waals surface area (Å²) in [5.41, 5.74) is 3.79. The minimum atomic E-state index is -0.117. The molecule has 7 heteroatoms. The van der Waals surface area contributed by atoms with Crippen molar-refractivity contribution in [3.63, 3.8) is 0 Å². The van der Waals surface area contributed by atoms with Crippen LogP contribution in [-0.4, -0.2) is 39.2 Å². The number of aryl methyl sites for hydroxylation is 1. The molecule has 0 radical (unpaired) electrons. The molecule has 3 heterocycles. The molecule has 2 atom stereocenters. The van der Waals surface area contributed by atoms with Crippen LogP contribution in [0.4, 0.5) is 5.95 Å². The second kappa shape index (κ2) is 6.25. The lowest BCUT2D eigenvalue weighted by Gasteiger charge is -2.14. The van der Waals surface area contributed by atoms with Crippen LogP contribution in [0.15, 0.2) is 35.3 Å². The Bertz CT molecular complexity index is 1000. The lowest BCUT2D eigenvalue weighted by Crippen LogP contribution is -2.22. The van der Waals surface area contributed by atoms with Crippen molar-refractivity contribution >= 4 is 17.1 Å². The van der Waals surface area contributed by atoms with E-state index in [0.29, 0.717) is 23.0 Å². The molecule has 0 saturated carbocycles. The highest BCUT2D eigenvalue weighted by molar-refractivity contribution is 5.71. The van der Waals surface area contributed by atoms with Crippen molar-refractivity contribution in [3.05, 3.63) is 52.1 Å².